The van der Waals surface area contributed by atoms with E-state index in [0.717, 1.165) is 16.7 Å². The van der Waals surface area contributed by atoms with Crippen molar-refractivity contribution in [1.82, 2.24) is 0 Å². The van der Waals surface area contributed by atoms with Gasteiger partial charge >= 0.3 is 0 Å². The smallest absolute Gasteiger partial charge is 0.137 e. The Balaban J connectivity index is 2.26. The van der Waals surface area contributed by atoms with Crippen molar-refractivity contribution in [3.05, 3.63) is 30.5 Å². The van der Waals surface area contributed by atoms with E-state index in [9.17, 15) is 0 Å². The first-order chi connectivity index (χ1) is 6.40. The van der Waals surface area contributed by atoms with E-state index in [1.807, 2.05) is 24.3 Å². The number of hydrogen-bond donors (Lipinski definition) is 0. The summed E-state index contributed by atoms with van der Waals surface area (Å²) in [5, 5.41) is 1.08. The van der Waals surface area contributed by atoms with Crippen LogP contribution in [0.3, 0.4) is 0 Å². The van der Waals surface area contributed by atoms with Crippen LogP contribution in [0.5, 0.6) is 5.75 Å². The molecule has 0 atom stereocenters. The number of alkyl halides is 1. The zero-order valence-corrected chi connectivity index (χ0v) is 7.75. The fourth-order valence-electron chi connectivity index (χ4n) is 1.18. The molecule has 0 aliphatic carbocycles. The molecular formula is C10H9ClO2. The van der Waals surface area contributed by atoms with Crippen LogP contribution in [0.25, 0.3) is 11.0 Å². The lowest BCUT2D eigenvalue weighted by Crippen LogP contribution is -1.97. The van der Waals surface area contributed by atoms with Gasteiger partial charge in [0.1, 0.15) is 17.9 Å². The van der Waals surface area contributed by atoms with Crippen LogP contribution in [0.1, 0.15) is 0 Å². The molecule has 0 spiro atoms. The van der Waals surface area contributed by atoms with Crippen molar-refractivity contribution >= 4 is 22.6 Å². The predicted molar refractivity (Wildman–Crippen MR) is 52.4 cm³/mol. The normalized spacial score (nSPS) is 10.5. The van der Waals surface area contributed by atoms with Gasteiger partial charge in [-0.1, -0.05) is 0 Å². The molecule has 0 unspecified atom stereocenters. The highest BCUT2D eigenvalue weighted by Gasteiger charge is 1.98. The number of benzene rings is 1. The molecule has 2 aromatic rings. The monoisotopic (exact) mass is 196 g/mol. The molecule has 1 aromatic heterocycles. The summed E-state index contributed by atoms with van der Waals surface area (Å²) in [5.41, 5.74) is 0.840. The first-order valence-electron chi connectivity index (χ1n) is 4.06. The first kappa shape index (κ1) is 8.45. The predicted octanol–water partition coefficient (Wildman–Crippen LogP) is 3.05. The van der Waals surface area contributed by atoms with Gasteiger partial charge in [-0.2, -0.15) is 0 Å². The molecule has 0 amide bonds. The van der Waals surface area contributed by atoms with Gasteiger partial charge < -0.3 is 9.15 Å². The van der Waals surface area contributed by atoms with Gasteiger partial charge in [-0.25, -0.2) is 0 Å². The van der Waals surface area contributed by atoms with Crippen LogP contribution >= 0.6 is 11.6 Å². The van der Waals surface area contributed by atoms with Crippen LogP contribution in [-0.2, 0) is 0 Å². The molecule has 3 heteroatoms. The summed E-state index contributed by atoms with van der Waals surface area (Å²) in [4.78, 5) is 0. The van der Waals surface area contributed by atoms with Gasteiger partial charge in [0, 0.05) is 11.5 Å². The minimum atomic E-state index is 0.496. The van der Waals surface area contributed by atoms with E-state index in [-0.39, 0.29) is 0 Å². The quantitative estimate of drug-likeness (QED) is 0.704. The SMILES string of the molecule is ClCCOc1ccc2ccoc2c1. The van der Waals surface area contributed by atoms with Crippen LogP contribution in [-0.4, -0.2) is 12.5 Å². The second kappa shape index (κ2) is 3.71. The molecule has 0 N–H and O–H groups in total. The van der Waals surface area contributed by atoms with Gasteiger partial charge in [0.25, 0.3) is 0 Å². The van der Waals surface area contributed by atoms with Crippen molar-refractivity contribution in [2.45, 2.75) is 0 Å². The fourth-order valence-corrected chi connectivity index (χ4v) is 1.26. The molecule has 0 fully saturated rings. The zero-order chi connectivity index (χ0) is 9.10. The Morgan fingerprint density at radius 2 is 2.23 bits per heavy atom. The third-order valence-electron chi connectivity index (χ3n) is 1.77. The van der Waals surface area contributed by atoms with E-state index >= 15 is 0 Å². The van der Waals surface area contributed by atoms with E-state index in [1.165, 1.54) is 0 Å². The Kier molecular flexibility index (Phi) is 2.41. The summed E-state index contributed by atoms with van der Waals surface area (Å²) in [6, 6.07) is 7.65. The average Bonchev–Trinajstić information content (AvgIpc) is 2.61. The number of ether oxygens (including phenoxy) is 1. The van der Waals surface area contributed by atoms with Crippen molar-refractivity contribution in [3.63, 3.8) is 0 Å². The highest BCUT2D eigenvalue weighted by molar-refractivity contribution is 6.18. The summed E-state index contributed by atoms with van der Waals surface area (Å²) in [6.45, 7) is 0.522. The zero-order valence-electron chi connectivity index (χ0n) is 7.00. The minimum absolute atomic E-state index is 0.496. The highest BCUT2D eigenvalue weighted by atomic mass is 35.5. The first-order valence-corrected chi connectivity index (χ1v) is 4.59. The second-order valence-corrected chi connectivity index (χ2v) is 3.04. The highest BCUT2D eigenvalue weighted by Crippen LogP contribution is 2.21. The maximum atomic E-state index is 5.50. The molecule has 0 saturated carbocycles. The summed E-state index contributed by atoms with van der Waals surface area (Å²) in [7, 11) is 0. The Labute approximate surface area is 81.1 Å². The van der Waals surface area contributed by atoms with E-state index in [0.29, 0.717) is 12.5 Å². The van der Waals surface area contributed by atoms with E-state index < -0.39 is 0 Å². The molecule has 2 rings (SSSR count). The largest absolute Gasteiger partial charge is 0.492 e. The Hall–Kier alpha value is -1.15. The number of rotatable bonds is 3. The summed E-state index contributed by atoms with van der Waals surface area (Å²) < 4.78 is 10.6. The topological polar surface area (TPSA) is 22.4 Å². The van der Waals surface area contributed by atoms with Crippen LogP contribution in [0.15, 0.2) is 34.9 Å². The van der Waals surface area contributed by atoms with Crippen molar-refractivity contribution in [2.24, 2.45) is 0 Å². The molecule has 0 saturated heterocycles. The number of fused-ring (bicyclic) bond motifs is 1. The standard InChI is InChI=1S/C10H9ClO2/c11-4-6-12-9-2-1-8-3-5-13-10(8)7-9/h1-3,5,7H,4,6H2. The number of hydrogen-bond acceptors (Lipinski definition) is 2. The summed E-state index contributed by atoms with van der Waals surface area (Å²) in [6.07, 6.45) is 1.66. The van der Waals surface area contributed by atoms with Crippen molar-refractivity contribution in [3.8, 4) is 5.75 Å². The lowest BCUT2D eigenvalue weighted by Gasteiger charge is -2.02. The van der Waals surface area contributed by atoms with Gasteiger partial charge in [-0.05, 0) is 18.2 Å². The van der Waals surface area contributed by atoms with Crippen molar-refractivity contribution in [1.29, 1.82) is 0 Å². The molecule has 1 heterocycles. The third-order valence-corrected chi connectivity index (χ3v) is 1.93. The number of furan rings is 1. The molecule has 0 aliphatic rings. The van der Waals surface area contributed by atoms with E-state index in [2.05, 4.69) is 0 Å². The van der Waals surface area contributed by atoms with E-state index in [4.69, 9.17) is 20.8 Å². The Bertz CT molecular complexity index is 394. The maximum Gasteiger partial charge on any atom is 0.137 e. The van der Waals surface area contributed by atoms with Gasteiger partial charge in [0.05, 0.1) is 12.1 Å². The van der Waals surface area contributed by atoms with Gasteiger partial charge in [0.2, 0.25) is 0 Å². The second-order valence-electron chi connectivity index (χ2n) is 2.66. The number of halogens is 1. The van der Waals surface area contributed by atoms with Gasteiger partial charge in [-0.3, -0.25) is 0 Å². The van der Waals surface area contributed by atoms with Gasteiger partial charge in [0.15, 0.2) is 0 Å². The van der Waals surface area contributed by atoms with Crippen LogP contribution in [0.4, 0.5) is 0 Å². The summed E-state index contributed by atoms with van der Waals surface area (Å²) >= 11 is 5.50. The maximum absolute atomic E-state index is 5.50. The van der Waals surface area contributed by atoms with Crippen LogP contribution in [0, 0.1) is 0 Å². The Morgan fingerprint density at radius 1 is 1.31 bits per heavy atom. The molecule has 1 aromatic carbocycles. The third kappa shape index (κ3) is 1.78. The Morgan fingerprint density at radius 3 is 3.08 bits per heavy atom. The molecule has 0 radical (unpaired) electrons. The lowest BCUT2D eigenvalue weighted by molar-refractivity contribution is 0.343. The van der Waals surface area contributed by atoms with Crippen LogP contribution in [0.2, 0.25) is 0 Å². The molecule has 13 heavy (non-hydrogen) atoms. The average molecular weight is 197 g/mol. The van der Waals surface area contributed by atoms with Crippen molar-refractivity contribution in [2.75, 3.05) is 12.5 Å². The van der Waals surface area contributed by atoms with E-state index in [1.54, 1.807) is 6.26 Å². The molecule has 68 valence electrons. The summed E-state index contributed by atoms with van der Waals surface area (Å²) in [5.74, 6) is 1.29. The molecular weight excluding hydrogens is 188 g/mol. The minimum Gasteiger partial charge on any atom is -0.492 e. The lowest BCUT2D eigenvalue weighted by atomic mass is 10.2. The molecule has 0 bridgehead atoms. The van der Waals surface area contributed by atoms with Crippen molar-refractivity contribution < 1.29 is 9.15 Å². The van der Waals surface area contributed by atoms with Crippen LogP contribution < -0.4 is 4.74 Å². The molecule has 0 aliphatic heterocycles. The fraction of sp³-hybridized carbons (Fsp3) is 0.200. The van der Waals surface area contributed by atoms with Gasteiger partial charge in [-0.15, -0.1) is 11.6 Å². The molecule has 2 nitrogen and oxygen atoms in total.